The first-order valence-electron chi connectivity index (χ1n) is 8.97. The van der Waals surface area contributed by atoms with Gasteiger partial charge in [0.1, 0.15) is 0 Å². The molecule has 138 valence electrons. The average molecular weight is 363 g/mol. The van der Waals surface area contributed by atoms with Crippen LogP contribution in [0.3, 0.4) is 0 Å². The maximum absolute atomic E-state index is 12.7. The number of anilines is 1. The second-order valence-electron chi connectivity index (χ2n) is 7.95. The average Bonchev–Trinajstić information content (AvgIpc) is 2.92. The number of amides is 1. The third kappa shape index (κ3) is 3.18. The zero-order valence-electron chi connectivity index (χ0n) is 15.3. The van der Waals surface area contributed by atoms with Crippen LogP contribution in [0.15, 0.2) is 59.8 Å². The summed E-state index contributed by atoms with van der Waals surface area (Å²) in [6.45, 7) is 4.37. The predicted molar refractivity (Wildman–Crippen MR) is 103 cm³/mol. The summed E-state index contributed by atoms with van der Waals surface area (Å²) in [6, 6.07) is 13.9. The first-order valence-corrected chi connectivity index (χ1v) is 8.97. The van der Waals surface area contributed by atoms with Gasteiger partial charge in [0.05, 0.1) is 16.5 Å². The lowest BCUT2D eigenvalue weighted by atomic mass is 9.87. The Kier molecular flexibility index (Phi) is 3.98. The lowest BCUT2D eigenvalue weighted by Crippen LogP contribution is -2.29. The molecule has 2 aromatic carbocycles. The SMILES string of the molecule is CC1(C)CC2=C(C1)C(c1ccc([N+](=O)[O-])cc1)Nc1ccccc1C(=O)N2. The van der Waals surface area contributed by atoms with Crippen LogP contribution in [0.1, 0.15) is 48.7 Å². The van der Waals surface area contributed by atoms with Crippen molar-refractivity contribution in [1.29, 1.82) is 0 Å². The van der Waals surface area contributed by atoms with E-state index in [0.717, 1.165) is 35.4 Å². The number of nitrogens with one attached hydrogen (secondary N) is 2. The van der Waals surface area contributed by atoms with Gasteiger partial charge in [-0.25, -0.2) is 0 Å². The number of rotatable bonds is 2. The largest absolute Gasteiger partial charge is 0.374 e. The van der Waals surface area contributed by atoms with Crippen molar-refractivity contribution in [1.82, 2.24) is 5.32 Å². The van der Waals surface area contributed by atoms with Crippen LogP contribution in [0, 0.1) is 15.5 Å². The van der Waals surface area contributed by atoms with Crippen LogP contribution in [-0.4, -0.2) is 10.8 Å². The normalized spacial score (nSPS) is 20.7. The Balaban J connectivity index is 1.82. The molecule has 0 bridgehead atoms. The molecular weight excluding hydrogens is 342 g/mol. The summed E-state index contributed by atoms with van der Waals surface area (Å²) in [5.74, 6) is -0.106. The number of nitro benzene ring substituents is 1. The second kappa shape index (κ2) is 6.23. The van der Waals surface area contributed by atoms with Gasteiger partial charge < -0.3 is 10.6 Å². The van der Waals surface area contributed by atoms with Crippen molar-refractivity contribution in [2.75, 3.05) is 5.32 Å². The Hall–Kier alpha value is -3.15. The molecule has 1 aliphatic heterocycles. The number of hydrogen-bond acceptors (Lipinski definition) is 4. The Labute approximate surface area is 157 Å². The van der Waals surface area contributed by atoms with Gasteiger partial charge in [-0.15, -0.1) is 0 Å². The number of non-ortho nitro benzene ring substituents is 1. The molecule has 2 aromatic rings. The van der Waals surface area contributed by atoms with E-state index in [0.29, 0.717) is 5.56 Å². The minimum Gasteiger partial charge on any atom is -0.374 e. The van der Waals surface area contributed by atoms with Gasteiger partial charge in [-0.3, -0.25) is 14.9 Å². The summed E-state index contributed by atoms with van der Waals surface area (Å²) in [4.78, 5) is 23.3. The zero-order chi connectivity index (χ0) is 19.2. The summed E-state index contributed by atoms with van der Waals surface area (Å²) in [5, 5.41) is 17.6. The number of benzene rings is 2. The fraction of sp³-hybridized carbons (Fsp3) is 0.286. The Bertz CT molecular complexity index is 961. The van der Waals surface area contributed by atoms with Gasteiger partial charge in [0.15, 0.2) is 0 Å². The minimum atomic E-state index is -0.395. The number of fused-ring (bicyclic) bond motifs is 1. The lowest BCUT2D eigenvalue weighted by molar-refractivity contribution is -0.384. The van der Waals surface area contributed by atoms with E-state index in [4.69, 9.17) is 0 Å². The molecule has 1 aliphatic carbocycles. The number of para-hydroxylation sites is 1. The predicted octanol–water partition coefficient (Wildman–Crippen LogP) is 4.57. The van der Waals surface area contributed by atoms with Crippen molar-refractivity contribution in [3.63, 3.8) is 0 Å². The summed E-state index contributed by atoms with van der Waals surface area (Å²) >= 11 is 0. The van der Waals surface area contributed by atoms with Crippen molar-refractivity contribution >= 4 is 17.3 Å². The molecule has 2 aliphatic rings. The summed E-state index contributed by atoms with van der Waals surface area (Å²) in [7, 11) is 0. The third-order valence-corrected chi connectivity index (χ3v) is 5.23. The van der Waals surface area contributed by atoms with Crippen molar-refractivity contribution in [3.8, 4) is 0 Å². The quantitative estimate of drug-likeness (QED) is 0.605. The monoisotopic (exact) mass is 363 g/mol. The molecule has 4 rings (SSSR count). The van der Waals surface area contributed by atoms with Crippen LogP contribution < -0.4 is 10.6 Å². The van der Waals surface area contributed by atoms with Crippen molar-refractivity contribution in [3.05, 3.63) is 81.0 Å². The van der Waals surface area contributed by atoms with Gasteiger partial charge in [-0.05, 0) is 53.7 Å². The van der Waals surface area contributed by atoms with E-state index >= 15 is 0 Å². The molecule has 1 amide bonds. The highest BCUT2D eigenvalue weighted by Crippen LogP contribution is 2.47. The van der Waals surface area contributed by atoms with E-state index in [1.54, 1.807) is 18.2 Å². The highest BCUT2D eigenvalue weighted by molar-refractivity contribution is 6.01. The van der Waals surface area contributed by atoms with E-state index in [2.05, 4.69) is 24.5 Å². The number of nitro groups is 1. The van der Waals surface area contributed by atoms with Crippen LogP contribution in [-0.2, 0) is 0 Å². The molecule has 0 saturated heterocycles. The highest BCUT2D eigenvalue weighted by Gasteiger charge is 2.37. The van der Waals surface area contributed by atoms with E-state index < -0.39 is 4.92 Å². The Morgan fingerprint density at radius 3 is 2.48 bits per heavy atom. The summed E-state index contributed by atoms with van der Waals surface area (Å²) in [5.41, 5.74) is 4.51. The highest BCUT2D eigenvalue weighted by atomic mass is 16.6. The van der Waals surface area contributed by atoms with Crippen LogP contribution in [0.4, 0.5) is 11.4 Å². The molecule has 0 spiro atoms. The zero-order valence-corrected chi connectivity index (χ0v) is 15.3. The molecule has 27 heavy (non-hydrogen) atoms. The number of allylic oxidation sites excluding steroid dienone is 1. The summed E-state index contributed by atoms with van der Waals surface area (Å²) in [6.07, 6.45) is 1.64. The molecular formula is C21H21N3O3. The van der Waals surface area contributed by atoms with Gasteiger partial charge in [0, 0.05) is 23.5 Å². The van der Waals surface area contributed by atoms with Gasteiger partial charge >= 0.3 is 0 Å². The van der Waals surface area contributed by atoms with Gasteiger partial charge in [0.25, 0.3) is 11.6 Å². The second-order valence-corrected chi connectivity index (χ2v) is 7.95. The minimum absolute atomic E-state index is 0.0508. The standard InChI is InChI=1S/C21H21N3O3/c1-21(2)11-16-18(12-21)23-20(25)15-5-3-4-6-17(15)22-19(16)13-7-9-14(10-8-13)24(26)27/h3-10,19,22H,11-12H2,1-2H3,(H,23,25). The van der Waals surface area contributed by atoms with Crippen molar-refractivity contribution in [2.24, 2.45) is 5.41 Å². The fourth-order valence-corrected chi connectivity index (χ4v) is 4.00. The van der Waals surface area contributed by atoms with Crippen LogP contribution in [0.2, 0.25) is 0 Å². The number of nitrogens with zero attached hydrogens (tertiary/aromatic N) is 1. The molecule has 6 nitrogen and oxygen atoms in total. The Morgan fingerprint density at radius 2 is 1.78 bits per heavy atom. The fourth-order valence-electron chi connectivity index (χ4n) is 4.00. The van der Waals surface area contributed by atoms with E-state index in [1.165, 1.54) is 12.1 Å². The molecule has 0 saturated carbocycles. The first kappa shape index (κ1) is 17.3. The van der Waals surface area contributed by atoms with Crippen LogP contribution >= 0.6 is 0 Å². The Morgan fingerprint density at radius 1 is 1.07 bits per heavy atom. The topological polar surface area (TPSA) is 84.3 Å². The molecule has 0 aromatic heterocycles. The lowest BCUT2D eigenvalue weighted by Gasteiger charge is -2.27. The maximum atomic E-state index is 12.7. The van der Waals surface area contributed by atoms with E-state index in [1.807, 2.05) is 18.2 Å². The van der Waals surface area contributed by atoms with Gasteiger partial charge in [-0.1, -0.05) is 26.0 Å². The number of carbonyl (C=O) groups excluding carboxylic acids is 1. The molecule has 1 atom stereocenters. The molecule has 0 fully saturated rings. The van der Waals surface area contributed by atoms with Gasteiger partial charge in [-0.2, -0.15) is 0 Å². The van der Waals surface area contributed by atoms with Gasteiger partial charge in [0.2, 0.25) is 0 Å². The smallest absolute Gasteiger partial charge is 0.269 e. The molecule has 1 heterocycles. The summed E-state index contributed by atoms with van der Waals surface area (Å²) < 4.78 is 0. The molecule has 0 radical (unpaired) electrons. The molecule has 6 heteroatoms. The van der Waals surface area contributed by atoms with E-state index in [-0.39, 0.29) is 23.1 Å². The number of hydrogen-bond donors (Lipinski definition) is 2. The van der Waals surface area contributed by atoms with Crippen molar-refractivity contribution in [2.45, 2.75) is 32.7 Å². The molecule has 1 unspecified atom stereocenters. The van der Waals surface area contributed by atoms with Crippen molar-refractivity contribution < 1.29 is 9.72 Å². The molecule has 2 N–H and O–H groups in total. The first-order chi connectivity index (χ1) is 12.8. The van der Waals surface area contributed by atoms with Crippen LogP contribution in [0.5, 0.6) is 0 Å². The maximum Gasteiger partial charge on any atom is 0.269 e. The van der Waals surface area contributed by atoms with E-state index in [9.17, 15) is 14.9 Å². The third-order valence-electron chi connectivity index (χ3n) is 5.23. The van der Waals surface area contributed by atoms with Crippen LogP contribution in [0.25, 0.3) is 0 Å². The number of carbonyl (C=O) groups is 1.